The Morgan fingerprint density at radius 3 is 2.38 bits per heavy atom. The van der Waals surface area contributed by atoms with E-state index in [1.807, 2.05) is 26.2 Å². The molecule has 3 aromatic rings. The zero-order valence-electron chi connectivity index (χ0n) is 17.2. The van der Waals surface area contributed by atoms with E-state index >= 15 is 0 Å². The predicted molar refractivity (Wildman–Crippen MR) is 121 cm³/mol. The van der Waals surface area contributed by atoms with Crippen molar-refractivity contribution < 1.29 is 5.11 Å². The molecule has 6 heteroatoms. The maximum absolute atomic E-state index is 13.1. The second-order valence-corrected chi connectivity index (χ2v) is 8.65. The maximum Gasteiger partial charge on any atom is 0.265 e. The first-order chi connectivity index (χ1) is 13.7. The van der Waals surface area contributed by atoms with Crippen LogP contribution in [0.1, 0.15) is 19.4 Å². The fourth-order valence-corrected chi connectivity index (χ4v) is 3.86. The van der Waals surface area contributed by atoms with E-state index in [4.69, 9.17) is 11.6 Å². The number of aromatic nitrogens is 1. The Morgan fingerprint density at radius 2 is 1.72 bits per heavy atom. The average molecular weight is 412 g/mol. The summed E-state index contributed by atoms with van der Waals surface area (Å²) in [6, 6.07) is 14.2. The molecule has 0 saturated carbocycles. The molecule has 0 bridgehead atoms. The van der Waals surface area contributed by atoms with E-state index in [1.165, 1.54) is 4.57 Å². The molecule has 29 heavy (non-hydrogen) atoms. The molecule has 0 amide bonds. The van der Waals surface area contributed by atoms with Crippen molar-refractivity contribution in [3.8, 4) is 11.6 Å². The summed E-state index contributed by atoms with van der Waals surface area (Å²) in [5.41, 5.74) is 0.588. The van der Waals surface area contributed by atoms with E-state index in [2.05, 4.69) is 23.7 Å². The highest BCUT2D eigenvalue weighted by Crippen LogP contribution is 2.29. The zero-order chi connectivity index (χ0) is 21.2. The molecule has 0 aliphatic heterocycles. The molecule has 0 fully saturated rings. The van der Waals surface area contributed by atoms with E-state index in [-0.39, 0.29) is 16.9 Å². The van der Waals surface area contributed by atoms with Crippen LogP contribution < -0.4 is 5.56 Å². The SMILES string of the molecule is CN(C)CC(C)(C)CN=Cc1c(O)n(-c2ccccc2Cl)c(=O)c2ccccc12. The van der Waals surface area contributed by atoms with Crippen LogP contribution in [0.3, 0.4) is 0 Å². The number of para-hydroxylation sites is 1. The summed E-state index contributed by atoms with van der Waals surface area (Å²) in [7, 11) is 4.06. The van der Waals surface area contributed by atoms with Gasteiger partial charge in [-0.3, -0.25) is 9.79 Å². The third-order valence-corrected chi connectivity index (χ3v) is 5.00. The summed E-state index contributed by atoms with van der Waals surface area (Å²) in [6.45, 7) is 5.76. The van der Waals surface area contributed by atoms with Gasteiger partial charge in [0, 0.05) is 30.1 Å². The monoisotopic (exact) mass is 411 g/mol. The van der Waals surface area contributed by atoms with Crippen molar-refractivity contribution >= 4 is 28.6 Å². The molecule has 5 nitrogen and oxygen atoms in total. The van der Waals surface area contributed by atoms with Gasteiger partial charge >= 0.3 is 0 Å². The van der Waals surface area contributed by atoms with Crippen LogP contribution in [0.5, 0.6) is 5.88 Å². The van der Waals surface area contributed by atoms with Gasteiger partial charge in [0.1, 0.15) is 0 Å². The number of nitrogens with zero attached hydrogens (tertiary/aromatic N) is 3. The van der Waals surface area contributed by atoms with Crippen molar-refractivity contribution in [1.82, 2.24) is 9.47 Å². The quantitative estimate of drug-likeness (QED) is 0.613. The molecule has 2 aromatic carbocycles. The number of hydrogen-bond acceptors (Lipinski definition) is 4. The van der Waals surface area contributed by atoms with Gasteiger partial charge in [-0.25, -0.2) is 4.57 Å². The first-order valence-electron chi connectivity index (χ1n) is 9.47. The highest BCUT2D eigenvalue weighted by atomic mass is 35.5. The topological polar surface area (TPSA) is 57.8 Å². The summed E-state index contributed by atoms with van der Waals surface area (Å²) in [6.07, 6.45) is 1.65. The summed E-state index contributed by atoms with van der Waals surface area (Å²) in [4.78, 5) is 19.8. The largest absolute Gasteiger partial charge is 0.494 e. The smallest absolute Gasteiger partial charge is 0.265 e. The Hall–Kier alpha value is -2.63. The molecule has 0 saturated heterocycles. The third-order valence-electron chi connectivity index (χ3n) is 4.68. The Bertz CT molecular complexity index is 1120. The highest BCUT2D eigenvalue weighted by molar-refractivity contribution is 6.32. The second kappa shape index (κ2) is 8.39. The normalized spacial score (nSPS) is 12.3. The molecule has 3 rings (SSSR count). The van der Waals surface area contributed by atoms with Crippen LogP contribution in [0.2, 0.25) is 5.02 Å². The van der Waals surface area contributed by atoms with Crippen molar-refractivity contribution in [1.29, 1.82) is 0 Å². The number of hydrogen-bond donors (Lipinski definition) is 1. The summed E-state index contributed by atoms with van der Waals surface area (Å²) >= 11 is 6.31. The van der Waals surface area contributed by atoms with Crippen molar-refractivity contribution in [2.24, 2.45) is 10.4 Å². The molecular weight excluding hydrogens is 386 g/mol. The number of fused-ring (bicyclic) bond motifs is 1. The van der Waals surface area contributed by atoms with E-state index in [1.54, 1.807) is 42.6 Å². The van der Waals surface area contributed by atoms with Crippen LogP contribution in [0.15, 0.2) is 58.3 Å². The number of rotatable bonds is 6. The van der Waals surface area contributed by atoms with Crippen LogP contribution >= 0.6 is 11.6 Å². The van der Waals surface area contributed by atoms with Crippen molar-refractivity contribution in [2.75, 3.05) is 27.2 Å². The minimum atomic E-state index is -0.323. The van der Waals surface area contributed by atoms with Gasteiger partial charge in [0.05, 0.1) is 16.3 Å². The predicted octanol–water partition coefficient (Wildman–Crippen LogP) is 4.36. The summed E-state index contributed by atoms with van der Waals surface area (Å²) < 4.78 is 1.25. The van der Waals surface area contributed by atoms with Crippen LogP contribution in [0.4, 0.5) is 0 Å². The van der Waals surface area contributed by atoms with Gasteiger partial charge < -0.3 is 10.0 Å². The lowest BCUT2D eigenvalue weighted by Crippen LogP contribution is -2.31. The lowest BCUT2D eigenvalue weighted by Gasteiger charge is -2.26. The van der Waals surface area contributed by atoms with Crippen molar-refractivity contribution in [3.05, 3.63) is 69.5 Å². The molecule has 0 aliphatic rings. The second-order valence-electron chi connectivity index (χ2n) is 8.25. The van der Waals surface area contributed by atoms with Crippen LogP contribution in [0.25, 0.3) is 16.5 Å². The number of aliphatic imine (C=N–C) groups is 1. The zero-order valence-corrected chi connectivity index (χ0v) is 17.9. The number of halogens is 1. The molecule has 0 radical (unpaired) electrons. The molecule has 1 heterocycles. The molecule has 0 unspecified atom stereocenters. The first kappa shape index (κ1) is 21.1. The van der Waals surface area contributed by atoms with E-state index in [0.717, 1.165) is 6.54 Å². The van der Waals surface area contributed by atoms with Gasteiger partial charge in [0.2, 0.25) is 5.88 Å². The molecule has 0 atom stereocenters. The fraction of sp³-hybridized carbons (Fsp3) is 0.304. The lowest BCUT2D eigenvalue weighted by atomic mass is 9.93. The molecule has 0 spiro atoms. The standard InChI is InChI=1S/C23H26ClN3O2/c1-23(2,15-26(3)4)14-25-13-18-16-9-5-6-10-17(16)21(28)27(22(18)29)20-12-8-7-11-19(20)24/h5-13,29H,14-15H2,1-4H3. The Labute approximate surface area is 175 Å². The lowest BCUT2D eigenvalue weighted by molar-refractivity contribution is 0.249. The van der Waals surface area contributed by atoms with Gasteiger partial charge in [0.25, 0.3) is 5.56 Å². The van der Waals surface area contributed by atoms with Crippen LogP contribution in [-0.2, 0) is 0 Å². The Balaban J connectivity index is 2.16. The number of aromatic hydroxyl groups is 1. The first-order valence-corrected chi connectivity index (χ1v) is 9.85. The third kappa shape index (κ3) is 4.52. The van der Waals surface area contributed by atoms with Gasteiger partial charge in [-0.1, -0.05) is 55.8 Å². The van der Waals surface area contributed by atoms with E-state index in [9.17, 15) is 9.90 Å². The molecule has 152 valence electrons. The average Bonchev–Trinajstić information content (AvgIpc) is 2.65. The van der Waals surface area contributed by atoms with E-state index in [0.29, 0.717) is 33.6 Å². The number of pyridine rings is 1. The molecule has 1 aromatic heterocycles. The Kier molecular flexibility index (Phi) is 6.10. The minimum Gasteiger partial charge on any atom is -0.494 e. The number of benzene rings is 2. The molecular formula is C23H26ClN3O2. The highest BCUT2D eigenvalue weighted by Gasteiger charge is 2.20. The maximum atomic E-state index is 13.1. The van der Waals surface area contributed by atoms with Crippen LogP contribution in [0, 0.1) is 5.41 Å². The van der Waals surface area contributed by atoms with Gasteiger partial charge in [0.15, 0.2) is 0 Å². The molecule has 1 N–H and O–H groups in total. The van der Waals surface area contributed by atoms with Crippen molar-refractivity contribution in [2.45, 2.75) is 13.8 Å². The fourth-order valence-electron chi connectivity index (χ4n) is 3.64. The minimum absolute atomic E-state index is 0.0252. The van der Waals surface area contributed by atoms with E-state index < -0.39 is 0 Å². The van der Waals surface area contributed by atoms with Gasteiger partial charge in [-0.2, -0.15) is 0 Å². The van der Waals surface area contributed by atoms with Crippen molar-refractivity contribution in [3.63, 3.8) is 0 Å². The van der Waals surface area contributed by atoms with Crippen LogP contribution in [-0.4, -0.2) is 48.0 Å². The van der Waals surface area contributed by atoms with Gasteiger partial charge in [-0.15, -0.1) is 0 Å². The summed E-state index contributed by atoms with van der Waals surface area (Å²) in [5.74, 6) is -0.170. The Morgan fingerprint density at radius 1 is 1.10 bits per heavy atom. The molecule has 0 aliphatic carbocycles. The summed E-state index contributed by atoms with van der Waals surface area (Å²) in [5, 5.41) is 12.6. The van der Waals surface area contributed by atoms with Gasteiger partial charge in [-0.05, 0) is 37.7 Å².